The van der Waals surface area contributed by atoms with Crippen molar-refractivity contribution < 1.29 is 27.4 Å². The fourth-order valence-electron chi connectivity index (χ4n) is 6.43. The van der Waals surface area contributed by atoms with Gasteiger partial charge < -0.3 is 14.4 Å². The molecular formula is C28H35F3N4O3. The summed E-state index contributed by atoms with van der Waals surface area (Å²) in [7, 11) is 3.24. The second-order valence-corrected chi connectivity index (χ2v) is 10.9. The standard InChI is InChI=1S/C28H35F3N4O3/c1-37-18-27(26(36)34-11-9-25-20(16-34)13-21(14-32-25)28(29,30)31)10-12-35(17-27)22-5-3-19(4-6-22)24-8-7-23(38-2)15-33-24/h7-8,13-15,19,22H,3-6,9-12,16-18H2,1-2H3. The van der Waals surface area contributed by atoms with E-state index >= 15 is 0 Å². The van der Waals surface area contributed by atoms with E-state index in [9.17, 15) is 18.0 Å². The highest BCUT2D eigenvalue weighted by molar-refractivity contribution is 5.84. The van der Waals surface area contributed by atoms with Gasteiger partial charge >= 0.3 is 6.18 Å². The van der Waals surface area contributed by atoms with Gasteiger partial charge in [-0.05, 0) is 62.4 Å². The van der Waals surface area contributed by atoms with E-state index < -0.39 is 17.2 Å². The van der Waals surface area contributed by atoms with Gasteiger partial charge in [-0.1, -0.05) is 0 Å². The van der Waals surface area contributed by atoms with E-state index in [0.717, 1.165) is 55.9 Å². The van der Waals surface area contributed by atoms with Gasteiger partial charge in [0.05, 0.1) is 30.9 Å². The zero-order chi connectivity index (χ0) is 26.9. The normalized spacial score (nSPS) is 26.3. The second kappa shape index (κ2) is 10.8. The minimum absolute atomic E-state index is 0.0268. The number of carbonyl (C=O) groups is 1. The maximum Gasteiger partial charge on any atom is 0.417 e. The van der Waals surface area contributed by atoms with E-state index in [1.165, 1.54) is 0 Å². The lowest BCUT2D eigenvalue weighted by molar-refractivity contribution is -0.145. The van der Waals surface area contributed by atoms with Crippen molar-refractivity contribution in [3.05, 3.63) is 53.1 Å². The summed E-state index contributed by atoms with van der Waals surface area (Å²) in [6.07, 6.45) is 3.51. The Kier molecular flexibility index (Phi) is 7.64. The van der Waals surface area contributed by atoms with Crippen LogP contribution in [0.5, 0.6) is 5.75 Å². The third kappa shape index (κ3) is 5.38. The summed E-state index contributed by atoms with van der Waals surface area (Å²) in [6.45, 7) is 2.33. The molecule has 1 saturated heterocycles. The van der Waals surface area contributed by atoms with Gasteiger partial charge in [0.2, 0.25) is 5.91 Å². The van der Waals surface area contributed by atoms with Crippen molar-refractivity contribution >= 4 is 5.91 Å². The quantitative estimate of drug-likeness (QED) is 0.548. The molecule has 1 saturated carbocycles. The number of alkyl halides is 3. The first-order valence-corrected chi connectivity index (χ1v) is 13.3. The smallest absolute Gasteiger partial charge is 0.417 e. The third-order valence-electron chi connectivity index (χ3n) is 8.54. The Bertz CT molecular complexity index is 1140. The summed E-state index contributed by atoms with van der Waals surface area (Å²) in [5, 5.41) is 0. The van der Waals surface area contributed by atoms with Crippen molar-refractivity contribution in [2.45, 2.75) is 63.2 Å². The van der Waals surface area contributed by atoms with Crippen molar-refractivity contribution in [3.8, 4) is 5.75 Å². The molecule has 1 amide bonds. The number of likely N-dealkylation sites (tertiary alicyclic amines) is 1. The van der Waals surface area contributed by atoms with E-state index in [-0.39, 0.29) is 12.5 Å². The van der Waals surface area contributed by atoms with Crippen LogP contribution >= 0.6 is 0 Å². The summed E-state index contributed by atoms with van der Waals surface area (Å²) in [6, 6.07) is 5.54. The average Bonchev–Trinajstić information content (AvgIpc) is 3.37. The highest BCUT2D eigenvalue weighted by atomic mass is 19.4. The van der Waals surface area contributed by atoms with Crippen LogP contribution in [-0.2, 0) is 28.7 Å². The first kappa shape index (κ1) is 26.9. The Hall–Kier alpha value is -2.72. The molecule has 2 aliphatic heterocycles. The fraction of sp³-hybridized carbons (Fsp3) is 0.607. The number of hydrogen-bond donors (Lipinski definition) is 0. The molecule has 2 aromatic heterocycles. The van der Waals surface area contributed by atoms with Crippen LogP contribution in [0.2, 0.25) is 0 Å². The molecule has 2 fully saturated rings. The SMILES string of the molecule is COCC1(C(=O)N2CCc3ncc(C(F)(F)F)cc3C2)CCN(C2CCC(c3ccc(OC)cn3)CC2)C1. The number of aromatic nitrogens is 2. The van der Waals surface area contributed by atoms with Gasteiger partial charge in [0.15, 0.2) is 0 Å². The molecule has 7 nitrogen and oxygen atoms in total. The summed E-state index contributed by atoms with van der Waals surface area (Å²) in [5.74, 6) is 1.16. The van der Waals surface area contributed by atoms with Gasteiger partial charge in [-0.25, -0.2) is 0 Å². The van der Waals surface area contributed by atoms with E-state index in [4.69, 9.17) is 9.47 Å². The number of ether oxygens (including phenoxy) is 2. The van der Waals surface area contributed by atoms with Crippen LogP contribution in [0.4, 0.5) is 13.2 Å². The topological polar surface area (TPSA) is 67.8 Å². The van der Waals surface area contributed by atoms with Crippen molar-refractivity contribution in [1.82, 2.24) is 19.8 Å². The molecule has 0 radical (unpaired) electrons. The van der Waals surface area contributed by atoms with Crippen LogP contribution in [-0.4, -0.2) is 72.2 Å². The van der Waals surface area contributed by atoms with E-state index in [0.29, 0.717) is 55.8 Å². The number of fused-ring (bicyclic) bond motifs is 1. The Labute approximate surface area is 221 Å². The molecule has 1 aliphatic carbocycles. The zero-order valence-electron chi connectivity index (χ0n) is 22.0. The molecule has 10 heteroatoms. The predicted molar refractivity (Wildman–Crippen MR) is 135 cm³/mol. The lowest BCUT2D eigenvalue weighted by Crippen LogP contribution is -2.50. The molecule has 5 rings (SSSR count). The number of halogens is 3. The van der Waals surface area contributed by atoms with Gasteiger partial charge in [-0.15, -0.1) is 0 Å². The summed E-state index contributed by atoms with van der Waals surface area (Å²) in [4.78, 5) is 26.6. The van der Waals surface area contributed by atoms with Crippen LogP contribution in [0, 0.1) is 5.41 Å². The molecule has 0 spiro atoms. The third-order valence-corrected chi connectivity index (χ3v) is 8.54. The van der Waals surface area contributed by atoms with Gasteiger partial charge in [0.25, 0.3) is 0 Å². The number of pyridine rings is 2. The van der Waals surface area contributed by atoms with Crippen LogP contribution in [0.3, 0.4) is 0 Å². The summed E-state index contributed by atoms with van der Waals surface area (Å²) < 4.78 is 50.5. The van der Waals surface area contributed by atoms with Gasteiger partial charge in [0.1, 0.15) is 5.75 Å². The van der Waals surface area contributed by atoms with Crippen molar-refractivity contribution in [2.75, 3.05) is 40.5 Å². The summed E-state index contributed by atoms with van der Waals surface area (Å²) in [5.41, 5.74) is 0.759. The van der Waals surface area contributed by atoms with Crippen molar-refractivity contribution in [1.29, 1.82) is 0 Å². The molecule has 0 bridgehead atoms. The van der Waals surface area contributed by atoms with Crippen LogP contribution in [0.25, 0.3) is 0 Å². The first-order chi connectivity index (χ1) is 18.2. The maximum absolute atomic E-state index is 13.9. The highest BCUT2D eigenvalue weighted by Gasteiger charge is 2.49. The number of methoxy groups -OCH3 is 2. The Morgan fingerprint density at radius 1 is 1.11 bits per heavy atom. The minimum Gasteiger partial charge on any atom is -0.495 e. The Morgan fingerprint density at radius 3 is 2.55 bits per heavy atom. The minimum atomic E-state index is -4.46. The van der Waals surface area contributed by atoms with Crippen LogP contribution in [0.1, 0.15) is 60.5 Å². The number of amides is 1. The largest absolute Gasteiger partial charge is 0.495 e. The molecule has 1 atom stereocenters. The first-order valence-electron chi connectivity index (χ1n) is 13.3. The maximum atomic E-state index is 13.9. The summed E-state index contributed by atoms with van der Waals surface area (Å²) >= 11 is 0. The van der Waals surface area contributed by atoms with Crippen LogP contribution in [0.15, 0.2) is 30.6 Å². The van der Waals surface area contributed by atoms with Crippen molar-refractivity contribution in [2.24, 2.45) is 5.41 Å². The molecule has 3 aliphatic rings. The fourth-order valence-corrected chi connectivity index (χ4v) is 6.43. The van der Waals surface area contributed by atoms with Gasteiger partial charge in [-0.3, -0.25) is 19.7 Å². The van der Waals surface area contributed by atoms with Gasteiger partial charge in [0, 0.05) is 62.7 Å². The van der Waals surface area contributed by atoms with Crippen LogP contribution < -0.4 is 4.74 Å². The molecule has 38 heavy (non-hydrogen) atoms. The Morgan fingerprint density at radius 2 is 1.89 bits per heavy atom. The highest BCUT2D eigenvalue weighted by Crippen LogP contribution is 2.41. The molecular weight excluding hydrogens is 497 g/mol. The monoisotopic (exact) mass is 532 g/mol. The lowest BCUT2D eigenvalue weighted by atomic mass is 9.82. The molecule has 0 aromatic carbocycles. The number of rotatable bonds is 6. The van der Waals surface area contributed by atoms with E-state index in [1.54, 1.807) is 25.3 Å². The molecule has 4 heterocycles. The predicted octanol–water partition coefficient (Wildman–Crippen LogP) is 4.45. The number of carbonyl (C=O) groups excluding carboxylic acids is 1. The van der Waals surface area contributed by atoms with E-state index in [1.807, 2.05) is 12.1 Å². The van der Waals surface area contributed by atoms with Crippen molar-refractivity contribution in [3.63, 3.8) is 0 Å². The Balaban J connectivity index is 1.23. The average molecular weight is 533 g/mol. The number of hydrogen-bond acceptors (Lipinski definition) is 6. The molecule has 0 N–H and O–H groups in total. The van der Waals surface area contributed by atoms with E-state index in [2.05, 4.69) is 14.9 Å². The second-order valence-electron chi connectivity index (χ2n) is 10.9. The molecule has 1 unspecified atom stereocenters. The zero-order valence-corrected chi connectivity index (χ0v) is 22.0. The molecule has 206 valence electrons. The number of nitrogens with zero attached hydrogens (tertiary/aromatic N) is 4. The lowest BCUT2D eigenvalue weighted by Gasteiger charge is -2.38. The van der Waals surface area contributed by atoms with Gasteiger partial charge in [-0.2, -0.15) is 13.2 Å². The molecule has 2 aromatic rings.